The number of carbonyl (C=O) groups is 1. The number of carbonyl (C=O) groups excluding carboxylic acids is 1. The Morgan fingerprint density at radius 3 is 2.70 bits per heavy atom. The van der Waals surface area contributed by atoms with Gasteiger partial charge in [-0.25, -0.2) is 9.97 Å². The first kappa shape index (κ1) is 13.1. The number of rotatable bonds is 2. The number of hydrogen-bond acceptors (Lipinski definition) is 5. The van der Waals surface area contributed by atoms with Gasteiger partial charge in [0.25, 0.3) is 5.91 Å². The van der Waals surface area contributed by atoms with Crippen LogP contribution in [0.3, 0.4) is 0 Å². The van der Waals surface area contributed by atoms with E-state index in [4.69, 9.17) is 0 Å². The third-order valence-corrected chi connectivity index (χ3v) is 4.07. The largest absolute Gasteiger partial charge is 0.378 e. The molecule has 0 radical (unpaired) electrons. The fraction of sp³-hybridized carbons (Fsp3) is 0.214. The molecule has 102 valence electrons. The summed E-state index contributed by atoms with van der Waals surface area (Å²) in [5, 5.41) is 10.5. The fourth-order valence-electron chi connectivity index (χ4n) is 2.08. The van der Waals surface area contributed by atoms with E-state index < -0.39 is 6.10 Å². The van der Waals surface area contributed by atoms with Gasteiger partial charge in [-0.1, -0.05) is 6.07 Å². The molecule has 3 rings (SSSR count). The zero-order valence-corrected chi connectivity index (χ0v) is 11.9. The highest BCUT2D eigenvalue weighted by molar-refractivity contribution is 7.99. The molecule has 1 aliphatic rings. The molecule has 2 heterocycles. The predicted molar refractivity (Wildman–Crippen MR) is 75.7 cm³/mol. The minimum absolute atomic E-state index is 0.297. The van der Waals surface area contributed by atoms with Gasteiger partial charge in [0.15, 0.2) is 11.3 Å². The molecular formula is C14H13N3O2S. The maximum absolute atomic E-state index is 11.7. The Morgan fingerprint density at radius 2 is 2.00 bits per heavy atom. The minimum atomic E-state index is -1.05. The van der Waals surface area contributed by atoms with Crippen molar-refractivity contribution >= 4 is 23.4 Å². The Balaban J connectivity index is 1.90. The fourth-order valence-corrected chi connectivity index (χ4v) is 2.81. The lowest BCUT2D eigenvalue weighted by atomic mass is 10.1. The molecule has 20 heavy (non-hydrogen) atoms. The third-order valence-electron chi connectivity index (χ3n) is 3.19. The standard InChI is InChI=1S/C14H13N3O2S/c1-8-6-15-14(16-7-8)20-9-3-4-10-11(5-9)17(2)13(19)12(10)18/h3-7,12,18H,1-2H3. The molecule has 0 fully saturated rings. The number of aliphatic hydroxyl groups excluding tert-OH is 1. The molecule has 1 atom stereocenters. The molecule has 1 aromatic heterocycles. The number of aryl methyl sites for hydroxylation is 1. The molecule has 1 amide bonds. The van der Waals surface area contributed by atoms with Crippen LogP contribution < -0.4 is 4.90 Å². The molecule has 1 aromatic carbocycles. The van der Waals surface area contributed by atoms with E-state index in [2.05, 4.69) is 9.97 Å². The Bertz CT molecular complexity index is 673. The van der Waals surface area contributed by atoms with Gasteiger partial charge in [-0.2, -0.15) is 0 Å². The van der Waals surface area contributed by atoms with E-state index in [1.165, 1.54) is 16.7 Å². The van der Waals surface area contributed by atoms with Crippen LogP contribution in [0.15, 0.2) is 40.6 Å². The summed E-state index contributed by atoms with van der Waals surface area (Å²) in [5.41, 5.74) is 2.39. The molecule has 6 heteroatoms. The summed E-state index contributed by atoms with van der Waals surface area (Å²) in [4.78, 5) is 22.6. The lowest BCUT2D eigenvalue weighted by Crippen LogP contribution is -2.23. The van der Waals surface area contributed by atoms with Gasteiger partial charge >= 0.3 is 0 Å². The van der Waals surface area contributed by atoms with Crippen LogP contribution in [-0.2, 0) is 4.79 Å². The van der Waals surface area contributed by atoms with Crippen LogP contribution in [0.5, 0.6) is 0 Å². The van der Waals surface area contributed by atoms with Crippen LogP contribution in [0.2, 0.25) is 0 Å². The summed E-state index contributed by atoms with van der Waals surface area (Å²) in [6.07, 6.45) is 2.48. The van der Waals surface area contributed by atoms with E-state index in [0.29, 0.717) is 10.7 Å². The SMILES string of the molecule is Cc1cnc(Sc2ccc3c(c2)N(C)C(=O)C3O)nc1. The highest BCUT2D eigenvalue weighted by atomic mass is 32.2. The average Bonchev–Trinajstić information content (AvgIpc) is 2.66. The number of nitrogens with zero attached hydrogens (tertiary/aromatic N) is 3. The molecule has 0 bridgehead atoms. The summed E-state index contributed by atoms with van der Waals surface area (Å²) < 4.78 is 0. The number of likely N-dealkylation sites (N-methyl/N-ethyl adjacent to an activating group) is 1. The van der Waals surface area contributed by atoms with Gasteiger partial charge in [-0.15, -0.1) is 0 Å². The number of anilines is 1. The normalized spacial score (nSPS) is 17.4. The van der Waals surface area contributed by atoms with Crippen LogP contribution >= 0.6 is 11.8 Å². The molecule has 0 saturated heterocycles. The van der Waals surface area contributed by atoms with Crippen molar-refractivity contribution in [2.24, 2.45) is 0 Å². The molecule has 0 saturated carbocycles. The van der Waals surface area contributed by atoms with Gasteiger partial charge in [0.2, 0.25) is 0 Å². The van der Waals surface area contributed by atoms with E-state index in [9.17, 15) is 9.90 Å². The van der Waals surface area contributed by atoms with Crippen molar-refractivity contribution in [1.29, 1.82) is 0 Å². The molecule has 0 spiro atoms. The number of benzene rings is 1. The quantitative estimate of drug-likeness (QED) is 0.855. The number of amides is 1. The maximum Gasteiger partial charge on any atom is 0.260 e. The van der Waals surface area contributed by atoms with E-state index in [-0.39, 0.29) is 5.91 Å². The van der Waals surface area contributed by atoms with Crippen molar-refractivity contribution in [2.45, 2.75) is 23.1 Å². The minimum Gasteiger partial charge on any atom is -0.378 e. The molecule has 1 N–H and O–H groups in total. The average molecular weight is 287 g/mol. The van der Waals surface area contributed by atoms with Crippen molar-refractivity contribution in [2.75, 3.05) is 11.9 Å². The molecule has 0 aliphatic carbocycles. The summed E-state index contributed by atoms with van der Waals surface area (Å²) in [6.45, 7) is 1.94. The second-order valence-corrected chi connectivity index (χ2v) is 5.71. The van der Waals surface area contributed by atoms with Crippen molar-refractivity contribution in [3.05, 3.63) is 41.7 Å². The summed E-state index contributed by atoms with van der Waals surface area (Å²) in [6, 6.07) is 5.51. The number of hydrogen-bond donors (Lipinski definition) is 1. The zero-order chi connectivity index (χ0) is 14.3. The van der Waals surface area contributed by atoms with Gasteiger partial charge in [0.1, 0.15) is 0 Å². The Labute approximate surface area is 120 Å². The highest BCUT2D eigenvalue weighted by Crippen LogP contribution is 2.38. The van der Waals surface area contributed by atoms with Gasteiger partial charge in [-0.05, 0) is 36.4 Å². The smallest absolute Gasteiger partial charge is 0.260 e. The van der Waals surface area contributed by atoms with Crippen LogP contribution in [0.25, 0.3) is 0 Å². The topological polar surface area (TPSA) is 66.3 Å². The van der Waals surface area contributed by atoms with E-state index >= 15 is 0 Å². The van der Waals surface area contributed by atoms with Crippen LogP contribution in [0.1, 0.15) is 17.2 Å². The van der Waals surface area contributed by atoms with Crippen molar-refractivity contribution in [1.82, 2.24) is 9.97 Å². The zero-order valence-electron chi connectivity index (χ0n) is 11.1. The van der Waals surface area contributed by atoms with Gasteiger partial charge in [0.05, 0.1) is 5.69 Å². The van der Waals surface area contributed by atoms with Gasteiger partial charge < -0.3 is 10.0 Å². The lowest BCUT2D eigenvalue weighted by Gasteiger charge is -2.10. The summed E-state index contributed by atoms with van der Waals surface area (Å²) in [5.74, 6) is -0.297. The molecule has 1 unspecified atom stereocenters. The van der Waals surface area contributed by atoms with Crippen molar-refractivity contribution in [3.8, 4) is 0 Å². The van der Waals surface area contributed by atoms with Crippen molar-refractivity contribution in [3.63, 3.8) is 0 Å². The third kappa shape index (κ3) is 2.17. The number of aliphatic hydroxyl groups is 1. The van der Waals surface area contributed by atoms with E-state index in [0.717, 1.165) is 16.1 Å². The maximum atomic E-state index is 11.7. The van der Waals surface area contributed by atoms with Gasteiger partial charge in [-0.3, -0.25) is 4.79 Å². The first-order chi connectivity index (χ1) is 9.56. The second kappa shape index (κ2) is 4.88. The number of aromatic nitrogens is 2. The first-order valence-electron chi connectivity index (χ1n) is 6.12. The van der Waals surface area contributed by atoms with Gasteiger partial charge in [0, 0.05) is 29.9 Å². The Hall–Kier alpha value is -1.92. The predicted octanol–water partition coefficient (Wildman–Crippen LogP) is 1.95. The molecule has 2 aromatic rings. The summed E-state index contributed by atoms with van der Waals surface area (Å²) in [7, 11) is 1.66. The van der Waals surface area contributed by atoms with E-state index in [1.54, 1.807) is 25.5 Å². The van der Waals surface area contributed by atoms with E-state index in [1.807, 2.05) is 19.1 Å². The highest BCUT2D eigenvalue weighted by Gasteiger charge is 2.33. The van der Waals surface area contributed by atoms with Crippen molar-refractivity contribution < 1.29 is 9.90 Å². The van der Waals surface area contributed by atoms with Crippen LogP contribution in [-0.4, -0.2) is 28.0 Å². The second-order valence-electron chi connectivity index (χ2n) is 4.67. The lowest BCUT2D eigenvalue weighted by molar-refractivity contribution is -0.125. The molecular weight excluding hydrogens is 274 g/mol. The summed E-state index contributed by atoms with van der Waals surface area (Å²) >= 11 is 1.42. The van der Waals surface area contributed by atoms with Crippen LogP contribution in [0, 0.1) is 6.92 Å². The molecule has 1 aliphatic heterocycles. The Kier molecular flexibility index (Phi) is 3.19. The molecule has 5 nitrogen and oxygen atoms in total. The first-order valence-corrected chi connectivity index (χ1v) is 6.94. The monoisotopic (exact) mass is 287 g/mol. The Morgan fingerprint density at radius 1 is 1.30 bits per heavy atom. The number of fused-ring (bicyclic) bond motifs is 1. The van der Waals surface area contributed by atoms with Crippen LogP contribution in [0.4, 0.5) is 5.69 Å².